The van der Waals surface area contributed by atoms with Crippen molar-refractivity contribution in [3.63, 3.8) is 0 Å². The zero-order valence-corrected chi connectivity index (χ0v) is 14.5. The molecule has 0 aliphatic carbocycles. The van der Waals surface area contributed by atoms with E-state index in [2.05, 4.69) is 25.2 Å². The molecule has 0 unspecified atom stereocenters. The molecule has 0 atom stereocenters. The number of carbonyl (C=O) groups excluding carboxylic acids is 1. The fourth-order valence-electron chi connectivity index (χ4n) is 2.79. The number of amides is 1. The van der Waals surface area contributed by atoms with Gasteiger partial charge >= 0.3 is 0 Å². The topological polar surface area (TPSA) is 93.0 Å². The molecule has 0 bridgehead atoms. The van der Waals surface area contributed by atoms with E-state index in [0.29, 0.717) is 22.9 Å². The van der Waals surface area contributed by atoms with Gasteiger partial charge in [0.25, 0.3) is 5.56 Å². The summed E-state index contributed by atoms with van der Waals surface area (Å²) < 4.78 is 1.29. The minimum Gasteiger partial charge on any atom is -0.341 e. The molecule has 25 heavy (non-hydrogen) atoms. The number of anilines is 2. The summed E-state index contributed by atoms with van der Waals surface area (Å²) in [6.07, 6.45) is 8.13. The van der Waals surface area contributed by atoms with Crippen molar-refractivity contribution in [2.75, 3.05) is 23.3 Å². The number of aromatic nitrogens is 4. The molecule has 8 heteroatoms. The van der Waals surface area contributed by atoms with Crippen LogP contribution in [0, 0.1) is 13.8 Å². The number of nitrogens with zero attached hydrogens (tertiary/aromatic N) is 5. The van der Waals surface area contributed by atoms with Crippen LogP contribution in [-0.2, 0) is 11.3 Å². The first-order valence-corrected chi connectivity index (χ1v) is 8.44. The number of carbonyl (C=O) groups is 1. The number of rotatable bonds is 4. The predicted octanol–water partition coefficient (Wildman–Crippen LogP) is 1.28. The number of nitrogens with one attached hydrogen (secondary N) is 1. The van der Waals surface area contributed by atoms with E-state index in [0.717, 1.165) is 25.9 Å². The van der Waals surface area contributed by atoms with Crippen molar-refractivity contribution < 1.29 is 4.79 Å². The van der Waals surface area contributed by atoms with Crippen LogP contribution in [0.3, 0.4) is 0 Å². The molecule has 132 valence electrons. The van der Waals surface area contributed by atoms with Crippen LogP contribution in [-0.4, -0.2) is 38.5 Å². The third kappa shape index (κ3) is 4.01. The fraction of sp³-hybridized carbons (Fsp3) is 0.471. The van der Waals surface area contributed by atoms with Crippen molar-refractivity contribution >= 4 is 17.5 Å². The minimum atomic E-state index is -0.318. The first kappa shape index (κ1) is 17.1. The predicted molar refractivity (Wildman–Crippen MR) is 94.7 cm³/mol. The highest BCUT2D eigenvalue weighted by molar-refractivity contribution is 5.90. The monoisotopic (exact) mass is 342 g/mol. The lowest BCUT2D eigenvalue weighted by Crippen LogP contribution is -2.31. The van der Waals surface area contributed by atoms with Crippen LogP contribution in [0.4, 0.5) is 11.6 Å². The quantitative estimate of drug-likeness (QED) is 0.900. The second-order valence-corrected chi connectivity index (χ2v) is 6.26. The van der Waals surface area contributed by atoms with Crippen LogP contribution in [0.25, 0.3) is 0 Å². The van der Waals surface area contributed by atoms with E-state index in [9.17, 15) is 9.59 Å². The highest BCUT2D eigenvalue weighted by Gasteiger charge is 2.14. The molecule has 1 N–H and O–H groups in total. The van der Waals surface area contributed by atoms with Gasteiger partial charge in [0.1, 0.15) is 6.54 Å². The molecule has 0 radical (unpaired) electrons. The van der Waals surface area contributed by atoms with Crippen molar-refractivity contribution in [3.05, 3.63) is 40.3 Å². The Morgan fingerprint density at radius 2 is 1.80 bits per heavy atom. The second-order valence-electron chi connectivity index (χ2n) is 6.26. The number of piperidine rings is 1. The molecule has 3 rings (SSSR count). The Morgan fingerprint density at radius 1 is 1.12 bits per heavy atom. The maximum Gasteiger partial charge on any atom is 0.256 e. The summed E-state index contributed by atoms with van der Waals surface area (Å²) in [6.45, 7) is 5.30. The Kier molecular flexibility index (Phi) is 5.06. The molecule has 0 spiro atoms. The molecule has 1 saturated heterocycles. The number of hydrogen-bond donors (Lipinski definition) is 1. The lowest BCUT2D eigenvalue weighted by atomic mass is 10.1. The summed E-state index contributed by atoms with van der Waals surface area (Å²) in [5.74, 6) is 0.369. The van der Waals surface area contributed by atoms with Gasteiger partial charge in [-0.3, -0.25) is 14.2 Å². The summed E-state index contributed by atoms with van der Waals surface area (Å²) in [4.78, 5) is 39.2. The van der Waals surface area contributed by atoms with Gasteiger partial charge in [-0.15, -0.1) is 0 Å². The summed E-state index contributed by atoms with van der Waals surface area (Å²) in [5.41, 5.74) is 1.52. The van der Waals surface area contributed by atoms with Crippen molar-refractivity contribution in [3.8, 4) is 0 Å². The highest BCUT2D eigenvalue weighted by Crippen LogP contribution is 2.16. The Balaban J connectivity index is 1.63. The van der Waals surface area contributed by atoms with Gasteiger partial charge in [-0.2, -0.15) is 0 Å². The van der Waals surface area contributed by atoms with Gasteiger partial charge in [-0.05, 0) is 33.1 Å². The Hall–Kier alpha value is -2.77. The molecule has 1 amide bonds. The molecule has 3 heterocycles. The molecule has 2 aromatic rings. The third-order valence-corrected chi connectivity index (χ3v) is 4.39. The van der Waals surface area contributed by atoms with Crippen LogP contribution in [0.2, 0.25) is 0 Å². The summed E-state index contributed by atoms with van der Waals surface area (Å²) in [7, 11) is 0. The lowest BCUT2D eigenvalue weighted by Gasteiger charge is -2.26. The van der Waals surface area contributed by atoms with E-state index >= 15 is 0 Å². The second kappa shape index (κ2) is 7.42. The average molecular weight is 342 g/mol. The van der Waals surface area contributed by atoms with Crippen LogP contribution >= 0.6 is 0 Å². The van der Waals surface area contributed by atoms with Crippen LogP contribution in [0.15, 0.2) is 23.5 Å². The molecular weight excluding hydrogens is 320 g/mol. The molecule has 1 aliphatic heterocycles. The van der Waals surface area contributed by atoms with E-state index in [1.807, 2.05) is 0 Å². The van der Waals surface area contributed by atoms with E-state index in [1.165, 1.54) is 17.3 Å². The lowest BCUT2D eigenvalue weighted by molar-refractivity contribution is -0.116. The van der Waals surface area contributed by atoms with Crippen LogP contribution < -0.4 is 15.8 Å². The normalized spacial score (nSPS) is 14.4. The van der Waals surface area contributed by atoms with Crippen LogP contribution in [0.1, 0.15) is 30.5 Å². The minimum absolute atomic E-state index is 0.0964. The van der Waals surface area contributed by atoms with E-state index < -0.39 is 0 Å². The maximum absolute atomic E-state index is 12.2. The largest absolute Gasteiger partial charge is 0.341 e. The van der Waals surface area contributed by atoms with Gasteiger partial charge in [0.05, 0.1) is 24.4 Å². The maximum atomic E-state index is 12.2. The molecular formula is C17H22N6O2. The van der Waals surface area contributed by atoms with Crippen LogP contribution in [0.5, 0.6) is 0 Å². The van der Waals surface area contributed by atoms with Gasteiger partial charge in [-0.25, -0.2) is 15.0 Å². The summed E-state index contributed by atoms with van der Waals surface area (Å²) in [6, 6.07) is 0. The molecule has 1 fully saturated rings. The fourth-order valence-corrected chi connectivity index (χ4v) is 2.79. The number of hydrogen-bond acceptors (Lipinski definition) is 6. The van der Waals surface area contributed by atoms with E-state index in [1.54, 1.807) is 26.2 Å². The van der Waals surface area contributed by atoms with Gasteiger partial charge < -0.3 is 10.2 Å². The molecule has 0 aromatic carbocycles. The summed E-state index contributed by atoms with van der Waals surface area (Å²) >= 11 is 0. The zero-order chi connectivity index (χ0) is 17.8. The van der Waals surface area contributed by atoms with Crippen molar-refractivity contribution in [2.24, 2.45) is 0 Å². The third-order valence-electron chi connectivity index (χ3n) is 4.39. The average Bonchev–Trinajstić information content (AvgIpc) is 2.63. The zero-order valence-electron chi connectivity index (χ0n) is 14.5. The van der Waals surface area contributed by atoms with Gasteiger partial charge in [0, 0.05) is 24.3 Å². The Bertz CT molecular complexity index is 809. The standard InChI is InChI=1S/C17H22N6O2/c1-12-13(2)20-11-23(16(12)25)10-15(24)21-14-8-18-17(19-9-14)22-6-4-3-5-7-22/h8-9,11H,3-7,10H2,1-2H3,(H,21,24). The Morgan fingerprint density at radius 3 is 2.48 bits per heavy atom. The molecule has 1 aliphatic rings. The summed E-state index contributed by atoms with van der Waals surface area (Å²) in [5, 5.41) is 2.71. The van der Waals surface area contributed by atoms with Crippen molar-refractivity contribution in [2.45, 2.75) is 39.7 Å². The van der Waals surface area contributed by atoms with Gasteiger partial charge in [0.2, 0.25) is 11.9 Å². The van der Waals surface area contributed by atoms with Gasteiger partial charge in [-0.1, -0.05) is 0 Å². The first-order valence-electron chi connectivity index (χ1n) is 8.44. The first-order chi connectivity index (χ1) is 12.0. The van der Waals surface area contributed by atoms with Crippen molar-refractivity contribution in [1.82, 2.24) is 19.5 Å². The molecule has 2 aromatic heterocycles. The molecule has 8 nitrogen and oxygen atoms in total. The smallest absolute Gasteiger partial charge is 0.256 e. The van der Waals surface area contributed by atoms with Crippen molar-refractivity contribution in [1.29, 1.82) is 0 Å². The van der Waals surface area contributed by atoms with Gasteiger partial charge in [0.15, 0.2) is 0 Å². The van der Waals surface area contributed by atoms with E-state index in [4.69, 9.17) is 0 Å². The Labute approximate surface area is 145 Å². The highest BCUT2D eigenvalue weighted by atomic mass is 16.2. The SMILES string of the molecule is Cc1ncn(CC(=O)Nc2cnc(N3CCCCC3)nc2)c(=O)c1C. The number of aryl methyl sites for hydroxylation is 1. The molecule has 0 saturated carbocycles. The van der Waals surface area contributed by atoms with E-state index in [-0.39, 0.29) is 18.0 Å².